The molecule has 7 aliphatic carbocycles. The first-order chi connectivity index (χ1) is 23.8. The van der Waals surface area contributed by atoms with Crippen LogP contribution in [0.15, 0.2) is 178 Å². The standard InChI is InChI=1S/C46H42N2/c1-29-46(47-40-21-10-11-28-48(29)40)33-24-22-30(23-25-33)34-26-27-39-43-35(34)19-12-20-38(43)44-41(31-13-4-2-5-14-31)36-17-8-9-18-37(36)42(45(39)44)32-15-6-3-7-16-32/h2-4,6,8-13,15,17-22,24,26-28,35,40,43-45,47H,5,7,14,16,23,25H2,1H3. The van der Waals surface area contributed by atoms with E-state index in [1.54, 1.807) is 22.3 Å². The third-order valence-electron chi connectivity index (χ3n) is 12.2. The van der Waals surface area contributed by atoms with Crippen LogP contribution >= 0.6 is 0 Å². The van der Waals surface area contributed by atoms with Crippen LogP contribution in [-0.2, 0) is 0 Å². The van der Waals surface area contributed by atoms with Crippen LogP contribution in [0.1, 0.15) is 45.4 Å². The highest BCUT2D eigenvalue weighted by Gasteiger charge is 2.52. The summed E-state index contributed by atoms with van der Waals surface area (Å²) < 4.78 is 0. The molecule has 0 saturated heterocycles. The largest absolute Gasteiger partial charge is 0.360 e. The molecule has 48 heavy (non-hydrogen) atoms. The van der Waals surface area contributed by atoms with Gasteiger partial charge in [-0.2, -0.15) is 0 Å². The highest BCUT2D eigenvalue weighted by Crippen LogP contribution is 2.61. The van der Waals surface area contributed by atoms with Crippen LogP contribution in [0.2, 0.25) is 0 Å². The van der Waals surface area contributed by atoms with Gasteiger partial charge in [-0.3, -0.25) is 0 Å². The van der Waals surface area contributed by atoms with E-state index in [1.807, 2.05) is 0 Å². The molecule has 5 unspecified atom stereocenters. The number of rotatable bonds is 4. The highest BCUT2D eigenvalue weighted by atomic mass is 15.3. The van der Waals surface area contributed by atoms with E-state index in [0.717, 1.165) is 38.5 Å². The highest BCUT2D eigenvalue weighted by molar-refractivity contribution is 5.85. The van der Waals surface area contributed by atoms with Crippen molar-refractivity contribution in [1.29, 1.82) is 0 Å². The zero-order chi connectivity index (χ0) is 31.8. The number of nitrogens with zero attached hydrogens (tertiary/aromatic N) is 1. The monoisotopic (exact) mass is 622 g/mol. The van der Waals surface area contributed by atoms with Crippen molar-refractivity contribution in [2.45, 2.75) is 51.6 Å². The number of hydrogen-bond donors (Lipinski definition) is 1. The van der Waals surface area contributed by atoms with Crippen molar-refractivity contribution in [3.63, 3.8) is 0 Å². The van der Waals surface area contributed by atoms with E-state index >= 15 is 0 Å². The van der Waals surface area contributed by atoms with Crippen molar-refractivity contribution in [2.75, 3.05) is 0 Å². The van der Waals surface area contributed by atoms with E-state index in [4.69, 9.17) is 0 Å². The van der Waals surface area contributed by atoms with Crippen LogP contribution in [0.4, 0.5) is 0 Å². The van der Waals surface area contributed by atoms with E-state index in [9.17, 15) is 0 Å². The second-order valence-corrected chi connectivity index (χ2v) is 14.6. The minimum absolute atomic E-state index is 0.236. The van der Waals surface area contributed by atoms with Crippen LogP contribution in [0.25, 0.3) is 11.1 Å². The smallest absolute Gasteiger partial charge is 0.123 e. The molecule has 1 aromatic carbocycles. The van der Waals surface area contributed by atoms with Crippen molar-refractivity contribution < 1.29 is 0 Å². The molecule has 0 radical (unpaired) electrons. The average molecular weight is 623 g/mol. The van der Waals surface area contributed by atoms with Crippen molar-refractivity contribution in [1.82, 2.24) is 10.2 Å². The first kappa shape index (κ1) is 28.2. The molecule has 9 aliphatic rings. The van der Waals surface area contributed by atoms with Gasteiger partial charge in [-0.25, -0.2) is 0 Å². The van der Waals surface area contributed by atoms with E-state index in [0.29, 0.717) is 23.7 Å². The zero-order valence-corrected chi connectivity index (χ0v) is 27.7. The van der Waals surface area contributed by atoms with Crippen LogP contribution in [0, 0.1) is 23.7 Å². The van der Waals surface area contributed by atoms with Gasteiger partial charge in [0.15, 0.2) is 0 Å². The minimum atomic E-state index is 0.236. The summed E-state index contributed by atoms with van der Waals surface area (Å²) in [6, 6.07) is 9.36. The Kier molecular flexibility index (Phi) is 6.54. The van der Waals surface area contributed by atoms with Gasteiger partial charge < -0.3 is 10.2 Å². The van der Waals surface area contributed by atoms with Gasteiger partial charge in [0.05, 0.1) is 5.70 Å². The van der Waals surface area contributed by atoms with Gasteiger partial charge in [-0.1, -0.05) is 120 Å². The lowest BCUT2D eigenvalue weighted by Crippen LogP contribution is -2.40. The molecule has 0 bridgehead atoms. The molecule has 0 amide bonds. The summed E-state index contributed by atoms with van der Waals surface area (Å²) in [5.41, 5.74) is 16.6. The van der Waals surface area contributed by atoms with Gasteiger partial charge in [-0.05, 0) is 107 Å². The Labute approximate surface area is 284 Å². The summed E-state index contributed by atoms with van der Waals surface area (Å²) in [4.78, 5) is 2.35. The fourth-order valence-corrected chi connectivity index (χ4v) is 10.2. The van der Waals surface area contributed by atoms with E-state index in [-0.39, 0.29) is 6.17 Å². The molecule has 1 fully saturated rings. The first-order valence-corrected chi connectivity index (χ1v) is 18.1. The normalized spacial score (nSPS) is 30.7. The fourth-order valence-electron chi connectivity index (χ4n) is 10.2. The van der Waals surface area contributed by atoms with Gasteiger partial charge in [0.1, 0.15) is 6.17 Å². The summed E-state index contributed by atoms with van der Waals surface area (Å²) in [5.74, 6) is 1.57. The van der Waals surface area contributed by atoms with Gasteiger partial charge in [0, 0.05) is 35.6 Å². The Bertz CT molecular complexity index is 2190. The second-order valence-electron chi connectivity index (χ2n) is 14.6. The summed E-state index contributed by atoms with van der Waals surface area (Å²) in [5, 5.41) is 6.70. The Morgan fingerprint density at radius 2 is 1.29 bits per heavy atom. The molecule has 2 heterocycles. The van der Waals surface area contributed by atoms with Crippen LogP contribution in [0.5, 0.6) is 0 Å². The number of fused-ring (bicyclic) bond motifs is 5. The van der Waals surface area contributed by atoms with E-state index < -0.39 is 0 Å². The Hall–Kier alpha value is -4.82. The van der Waals surface area contributed by atoms with E-state index in [1.165, 1.54) is 49.7 Å². The lowest BCUT2D eigenvalue weighted by Gasteiger charge is -2.34. The van der Waals surface area contributed by atoms with Gasteiger partial charge >= 0.3 is 0 Å². The summed E-state index contributed by atoms with van der Waals surface area (Å²) in [6.45, 7) is 2.25. The molecule has 236 valence electrons. The van der Waals surface area contributed by atoms with Crippen molar-refractivity contribution >= 4 is 11.1 Å². The molecule has 10 rings (SSSR count). The zero-order valence-electron chi connectivity index (χ0n) is 27.7. The van der Waals surface area contributed by atoms with Crippen LogP contribution in [-0.4, -0.2) is 11.1 Å². The van der Waals surface area contributed by atoms with Gasteiger partial charge in [-0.15, -0.1) is 0 Å². The Balaban J connectivity index is 1.09. The molecule has 2 aliphatic heterocycles. The number of allylic oxidation sites excluding steroid dienone is 23. The third-order valence-corrected chi connectivity index (χ3v) is 12.2. The topological polar surface area (TPSA) is 15.3 Å². The number of nitrogens with one attached hydrogen (secondary N) is 1. The molecule has 1 aromatic rings. The molecule has 0 aromatic heterocycles. The molecule has 2 heteroatoms. The predicted octanol–water partition coefficient (Wildman–Crippen LogP) is 8.59. The maximum Gasteiger partial charge on any atom is 0.123 e. The summed E-state index contributed by atoms with van der Waals surface area (Å²) >= 11 is 0. The molecule has 5 atom stereocenters. The maximum absolute atomic E-state index is 3.78. The quantitative estimate of drug-likeness (QED) is 0.362. The van der Waals surface area contributed by atoms with E-state index in [2.05, 4.69) is 145 Å². The molecule has 1 saturated carbocycles. The Morgan fingerprint density at radius 1 is 0.604 bits per heavy atom. The minimum Gasteiger partial charge on any atom is -0.360 e. The predicted molar refractivity (Wildman–Crippen MR) is 198 cm³/mol. The van der Waals surface area contributed by atoms with Crippen molar-refractivity contribution in [3.05, 3.63) is 189 Å². The third kappa shape index (κ3) is 4.18. The fraction of sp³-hybridized carbons (Fsp3) is 0.261. The van der Waals surface area contributed by atoms with Crippen LogP contribution in [0.3, 0.4) is 0 Å². The summed E-state index contributed by atoms with van der Waals surface area (Å²) in [6.07, 6.45) is 47.0. The number of benzene rings is 1. The second kappa shape index (κ2) is 11.1. The lowest BCUT2D eigenvalue weighted by molar-refractivity contribution is 0.400. The molecular formula is C46H42N2. The molecular weight excluding hydrogens is 581 g/mol. The van der Waals surface area contributed by atoms with Gasteiger partial charge in [0.2, 0.25) is 0 Å². The van der Waals surface area contributed by atoms with Crippen molar-refractivity contribution in [3.8, 4) is 0 Å². The summed E-state index contributed by atoms with van der Waals surface area (Å²) in [7, 11) is 0. The van der Waals surface area contributed by atoms with Crippen LogP contribution < -0.4 is 15.8 Å². The maximum atomic E-state index is 3.78. The van der Waals surface area contributed by atoms with Crippen molar-refractivity contribution in [2.24, 2.45) is 23.7 Å². The number of hydrogen-bond acceptors (Lipinski definition) is 2. The first-order valence-electron chi connectivity index (χ1n) is 18.1. The lowest BCUT2D eigenvalue weighted by atomic mass is 9.69. The molecule has 1 N–H and O–H groups in total. The van der Waals surface area contributed by atoms with Gasteiger partial charge in [0.25, 0.3) is 0 Å². The average Bonchev–Trinajstić information content (AvgIpc) is 3.67. The molecule has 0 spiro atoms. The molecule has 2 nitrogen and oxygen atoms in total. The SMILES string of the molecule is CC1=C(C2=CC=C(C3=CC=C4C5C(=CC=CC35)C3C(C5=CC=CCC5)=c5ccccc5=C(C5=CC=CCC5)C43)CC2)NC2C=CC=CN12. The Morgan fingerprint density at radius 3 is 1.94 bits per heavy atom.